The van der Waals surface area contributed by atoms with Gasteiger partial charge in [0.15, 0.2) is 6.10 Å². The Hall–Kier alpha value is -2.35. The van der Waals surface area contributed by atoms with Gasteiger partial charge in [0.05, 0.1) is 12.1 Å². The number of rotatable bonds is 4. The van der Waals surface area contributed by atoms with Crippen molar-refractivity contribution in [3.8, 4) is 5.82 Å². The predicted molar refractivity (Wildman–Crippen MR) is 82.1 cm³/mol. The van der Waals surface area contributed by atoms with Crippen LogP contribution in [0.5, 0.6) is 0 Å². The van der Waals surface area contributed by atoms with Crippen LogP contribution in [0.15, 0.2) is 30.5 Å². The number of aryl methyl sites for hydroxylation is 1. The molecular formula is C16H18F3N3O2. The summed E-state index contributed by atoms with van der Waals surface area (Å²) in [6.07, 6.45) is -5.73. The van der Waals surface area contributed by atoms with Crippen molar-refractivity contribution in [1.82, 2.24) is 14.5 Å². The second-order valence-corrected chi connectivity index (χ2v) is 5.55. The minimum Gasteiger partial charge on any atom is -0.382 e. The number of aliphatic hydroxyl groups excluding tert-OH is 1. The number of halogens is 3. The average molecular weight is 341 g/mol. The zero-order chi connectivity index (χ0) is 18.1. The fraction of sp³-hybridized carbons (Fsp3) is 0.375. The molecule has 2 heterocycles. The Morgan fingerprint density at radius 2 is 2.04 bits per heavy atom. The van der Waals surface area contributed by atoms with Gasteiger partial charge in [0.2, 0.25) is 0 Å². The first-order chi connectivity index (χ1) is 11.1. The van der Waals surface area contributed by atoms with Gasteiger partial charge < -0.3 is 14.6 Å². The molecule has 0 saturated heterocycles. The molecule has 0 aliphatic heterocycles. The van der Waals surface area contributed by atoms with E-state index in [1.165, 1.54) is 7.05 Å². The number of amides is 1. The molecule has 5 nitrogen and oxygen atoms in total. The molecule has 2 aromatic rings. The van der Waals surface area contributed by atoms with Crippen LogP contribution in [0.25, 0.3) is 5.82 Å². The van der Waals surface area contributed by atoms with E-state index in [9.17, 15) is 18.0 Å². The Morgan fingerprint density at radius 1 is 1.38 bits per heavy atom. The topological polar surface area (TPSA) is 58.4 Å². The van der Waals surface area contributed by atoms with E-state index in [1.807, 2.05) is 0 Å². The van der Waals surface area contributed by atoms with Crippen LogP contribution < -0.4 is 0 Å². The number of carbonyl (C=O) groups is 1. The van der Waals surface area contributed by atoms with Crippen molar-refractivity contribution in [3.63, 3.8) is 0 Å². The zero-order valence-electron chi connectivity index (χ0n) is 13.5. The van der Waals surface area contributed by atoms with Crippen LogP contribution in [0.2, 0.25) is 0 Å². The summed E-state index contributed by atoms with van der Waals surface area (Å²) in [5.41, 5.74) is 1.58. The molecule has 1 N–H and O–H groups in total. The van der Waals surface area contributed by atoms with Gasteiger partial charge in [-0.1, -0.05) is 6.07 Å². The lowest BCUT2D eigenvalue weighted by atomic mass is 10.2. The third-order valence-corrected chi connectivity index (χ3v) is 3.71. The third-order valence-electron chi connectivity index (χ3n) is 3.71. The summed E-state index contributed by atoms with van der Waals surface area (Å²) in [5.74, 6) is 0.0260. The van der Waals surface area contributed by atoms with Crippen LogP contribution in [0, 0.1) is 13.8 Å². The summed E-state index contributed by atoms with van der Waals surface area (Å²) < 4.78 is 39.1. The minimum absolute atomic E-state index is 0.273. The number of hydrogen-bond acceptors (Lipinski definition) is 3. The summed E-state index contributed by atoms with van der Waals surface area (Å²) in [5, 5.41) is 9.12. The molecule has 0 aromatic carbocycles. The van der Waals surface area contributed by atoms with Crippen molar-refractivity contribution in [2.75, 3.05) is 13.6 Å². The maximum atomic E-state index is 12.4. The minimum atomic E-state index is -4.76. The highest BCUT2D eigenvalue weighted by molar-refractivity contribution is 5.95. The zero-order valence-corrected chi connectivity index (χ0v) is 13.5. The fourth-order valence-corrected chi connectivity index (χ4v) is 2.47. The lowest BCUT2D eigenvalue weighted by Gasteiger charge is -2.22. The molecular weight excluding hydrogens is 323 g/mol. The first kappa shape index (κ1) is 18.0. The van der Waals surface area contributed by atoms with Crippen LogP contribution in [-0.4, -0.2) is 51.3 Å². The molecule has 0 fully saturated rings. The molecule has 2 rings (SSSR count). The molecule has 130 valence electrons. The number of carbonyl (C=O) groups excluding carboxylic acids is 1. The second kappa shape index (κ2) is 6.64. The van der Waals surface area contributed by atoms with Crippen molar-refractivity contribution < 1.29 is 23.1 Å². The molecule has 0 spiro atoms. The van der Waals surface area contributed by atoms with Gasteiger partial charge >= 0.3 is 6.18 Å². The first-order valence-electron chi connectivity index (χ1n) is 7.23. The largest absolute Gasteiger partial charge is 0.416 e. The van der Waals surface area contributed by atoms with E-state index in [4.69, 9.17) is 5.11 Å². The maximum Gasteiger partial charge on any atom is 0.416 e. The number of nitrogens with zero attached hydrogens (tertiary/aromatic N) is 3. The van der Waals surface area contributed by atoms with E-state index in [2.05, 4.69) is 4.98 Å². The molecule has 0 bridgehead atoms. The average Bonchev–Trinajstić information content (AvgIpc) is 2.81. The van der Waals surface area contributed by atoms with Gasteiger partial charge in [0.25, 0.3) is 5.91 Å². The first-order valence-corrected chi connectivity index (χ1v) is 7.23. The van der Waals surface area contributed by atoms with E-state index < -0.39 is 24.7 Å². The Balaban J connectivity index is 2.28. The third kappa shape index (κ3) is 3.59. The molecule has 8 heteroatoms. The number of hydrogen-bond donors (Lipinski definition) is 1. The van der Waals surface area contributed by atoms with E-state index in [1.54, 1.807) is 48.9 Å². The van der Waals surface area contributed by atoms with Crippen LogP contribution in [-0.2, 0) is 0 Å². The van der Waals surface area contributed by atoms with Crippen molar-refractivity contribution in [3.05, 3.63) is 47.4 Å². The monoisotopic (exact) mass is 341 g/mol. The van der Waals surface area contributed by atoms with E-state index >= 15 is 0 Å². The Morgan fingerprint density at radius 3 is 2.58 bits per heavy atom. The summed E-state index contributed by atoms with van der Waals surface area (Å²) in [6, 6.07) is 6.93. The van der Waals surface area contributed by atoms with Gasteiger partial charge in [-0.25, -0.2) is 4.98 Å². The highest BCUT2D eigenvalue weighted by Gasteiger charge is 2.39. The van der Waals surface area contributed by atoms with E-state index in [0.29, 0.717) is 11.5 Å². The number of aromatic nitrogens is 2. The van der Waals surface area contributed by atoms with Gasteiger partial charge in [0.1, 0.15) is 5.82 Å². The van der Waals surface area contributed by atoms with Crippen molar-refractivity contribution in [2.24, 2.45) is 0 Å². The van der Waals surface area contributed by atoms with Crippen molar-refractivity contribution in [1.29, 1.82) is 0 Å². The summed E-state index contributed by atoms with van der Waals surface area (Å²) in [6.45, 7) is 2.65. The summed E-state index contributed by atoms with van der Waals surface area (Å²) in [4.78, 5) is 17.5. The molecule has 2 aromatic heterocycles. The summed E-state index contributed by atoms with van der Waals surface area (Å²) in [7, 11) is 1.23. The Kier molecular flexibility index (Phi) is 4.98. The van der Waals surface area contributed by atoms with Crippen molar-refractivity contribution >= 4 is 5.91 Å². The SMILES string of the molecule is Cc1cc(C(=O)N(C)CC(O)C(F)(F)F)c(C)n1-c1ccccn1. The van der Waals surface area contributed by atoms with Gasteiger partial charge in [-0.15, -0.1) is 0 Å². The predicted octanol–water partition coefficient (Wildman–Crippen LogP) is 2.48. The van der Waals surface area contributed by atoms with Crippen LogP contribution in [0.1, 0.15) is 21.7 Å². The highest BCUT2D eigenvalue weighted by Crippen LogP contribution is 2.23. The van der Waals surface area contributed by atoms with Crippen LogP contribution >= 0.6 is 0 Å². The lowest BCUT2D eigenvalue weighted by Crippen LogP contribution is -2.41. The Labute approximate surface area is 137 Å². The molecule has 1 atom stereocenters. The normalized spacial score (nSPS) is 13.0. The molecule has 0 radical (unpaired) electrons. The van der Waals surface area contributed by atoms with Crippen LogP contribution in [0.3, 0.4) is 0 Å². The second-order valence-electron chi connectivity index (χ2n) is 5.55. The quantitative estimate of drug-likeness (QED) is 0.929. The molecule has 24 heavy (non-hydrogen) atoms. The smallest absolute Gasteiger partial charge is 0.382 e. The van der Waals surface area contributed by atoms with Gasteiger partial charge in [0, 0.05) is 24.6 Å². The van der Waals surface area contributed by atoms with Crippen molar-refractivity contribution in [2.45, 2.75) is 26.1 Å². The number of pyridine rings is 1. The number of alkyl halides is 3. The Bertz CT molecular complexity index is 726. The standard InChI is InChI=1S/C16H18F3N3O2/c1-10-8-12(11(2)22(10)14-6-4-5-7-20-14)15(24)21(3)9-13(23)16(17,18)19/h4-8,13,23H,9H2,1-3H3. The van der Waals surface area contributed by atoms with Gasteiger partial charge in [-0.2, -0.15) is 13.2 Å². The number of aliphatic hydroxyl groups is 1. The maximum absolute atomic E-state index is 12.4. The van der Waals surface area contributed by atoms with Gasteiger partial charge in [-0.05, 0) is 32.0 Å². The molecule has 0 aliphatic carbocycles. The molecule has 0 saturated carbocycles. The fourth-order valence-electron chi connectivity index (χ4n) is 2.47. The molecule has 1 amide bonds. The highest BCUT2D eigenvalue weighted by atomic mass is 19.4. The summed E-state index contributed by atoms with van der Waals surface area (Å²) >= 11 is 0. The number of likely N-dealkylation sites (N-methyl/N-ethyl adjacent to an activating group) is 1. The molecule has 0 aliphatic rings. The molecule has 1 unspecified atom stereocenters. The van der Waals surface area contributed by atoms with E-state index in [0.717, 1.165) is 10.6 Å². The lowest BCUT2D eigenvalue weighted by molar-refractivity contribution is -0.205. The van der Waals surface area contributed by atoms with E-state index in [-0.39, 0.29) is 5.56 Å². The van der Waals surface area contributed by atoms with Gasteiger partial charge in [-0.3, -0.25) is 4.79 Å². The van der Waals surface area contributed by atoms with Crippen LogP contribution in [0.4, 0.5) is 13.2 Å².